The zero-order valence-corrected chi connectivity index (χ0v) is 16.1. The quantitative estimate of drug-likeness (QED) is 0.526. The number of amides is 1. The number of carbonyl (C=O) groups is 1. The number of nitrogens with one attached hydrogen (secondary N) is 1. The van der Waals surface area contributed by atoms with Crippen molar-refractivity contribution in [1.82, 2.24) is 25.0 Å². The van der Waals surface area contributed by atoms with E-state index in [2.05, 4.69) is 20.6 Å². The third-order valence-electron chi connectivity index (χ3n) is 5.00. The number of carbonyl (C=O) groups excluding carboxylic acids is 1. The first kappa shape index (κ1) is 18.0. The zero-order chi connectivity index (χ0) is 20.5. The van der Waals surface area contributed by atoms with Gasteiger partial charge in [-0.25, -0.2) is 0 Å². The number of nitrogens with two attached hydrogens (primary N) is 1. The summed E-state index contributed by atoms with van der Waals surface area (Å²) < 4.78 is 7.30. The Morgan fingerprint density at radius 3 is 2.83 bits per heavy atom. The summed E-state index contributed by atoms with van der Waals surface area (Å²) in [4.78, 5) is 21.0. The molecule has 9 heteroatoms. The van der Waals surface area contributed by atoms with Gasteiger partial charge in [-0.15, -0.1) is 5.10 Å². The van der Waals surface area contributed by atoms with Gasteiger partial charge in [0.2, 0.25) is 5.88 Å². The van der Waals surface area contributed by atoms with E-state index in [0.717, 1.165) is 24.0 Å². The minimum atomic E-state index is -0.562. The van der Waals surface area contributed by atoms with Gasteiger partial charge in [-0.2, -0.15) is 14.6 Å². The lowest BCUT2D eigenvalue weighted by Gasteiger charge is -2.20. The third kappa shape index (κ3) is 3.20. The van der Waals surface area contributed by atoms with Gasteiger partial charge < -0.3 is 15.8 Å². The average Bonchev–Trinajstić information content (AvgIpc) is 3.22. The van der Waals surface area contributed by atoms with Crippen molar-refractivity contribution in [3.05, 3.63) is 65.2 Å². The summed E-state index contributed by atoms with van der Waals surface area (Å²) >= 11 is 0. The normalized spacial score (nSPS) is 12.9. The van der Waals surface area contributed by atoms with E-state index in [4.69, 9.17) is 15.5 Å². The number of ether oxygens (including phenoxy) is 1. The molecule has 0 saturated heterocycles. The number of hydrogen-bond acceptors (Lipinski definition) is 7. The molecular weight excluding hydrogens is 382 g/mol. The molecule has 1 aliphatic heterocycles. The molecule has 0 bridgehead atoms. The Morgan fingerprint density at radius 2 is 2.00 bits per heavy atom. The Hall–Kier alpha value is -4.01. The van der Waals surface area contributed by atoms with Crippen molar-refractivity contribution in [3.8, 4) is 11.8 Å². The van der Waals surface area contributed by atoms with Gasteiger partial charge in [0.25, 0.3) is 11.9 Å². The van der Waals surface area contributed by atoms with Crippen LogP contribution in [-0.4, -0.2) is 37.5 Å². The van der Waals surface area contributed by atoms with Crippen LogP contribution in [0.25, 0.3) is 17.0 Å². The Labute approximate surface area is 171 Å². The molecule has 1 aliphatic rings. The molecule has 1 amide bonds. The van der Waals surface area contributed by atoms with Crippen molar-refractivity contribution in [2.45, 2.75) is 19.4 Å². The summed E-state index contributed by atoms with van der Waals surface area (Å²) in [5.41, 5.74) is 8.85. The van der Waals surface area contributed by atoms with Gasteiger partial charge in [0, 0.05) is 6.54 Å². The van der Waals surface area contributed by atoms with Crippen molar-refractivity contribution >= 4 is 22.8 Å². The van der Waals surface area contributed by atoms with Crippen molar-refractivity contribution < 1.29 is 9.53 Å². The minimum Gasteiger partial charge on any atom is -0.477 e. The predicted molar refractivity (Wildman–Crippen MR) is 111 cm³/mol. The number of nitrogens with zero attached hydrogens (tertiary/aromatic N) is 5. The van der Waals surface area contributed by atoms with Gasteiger partial charge in [0.1, 0.15) is 11.3 Å². The van der Waals surface area contributed by atoms with E-state index in [1.165, 1.54) is 4.68 Å². The topological polar surface area (TPSA) is 121 Å². The lowest BCUT2D eigenvalue weighted by atomic mass is 10.1. The Morgan fingerprint density at radius 1 is 1.13 bits per heavy atom. The second-order valence-corrected chi connectivity index (χ2v) is 6.99. The maximum absolute atomic E-state index is 11.7. The van der Waals surface area contributed by atoms with Crippen molar-refractivity contribution in [3.63, 3.8) is 0 Å². The van der Waals surface area contributed by atoms with E-state index in [-0.39, 0.29) is 0 Å². The number of anilines is 1. The van der Waals surface area contributed by atoms with Crippen LogP contribution in [0.2, 0.25) is 0 Å². The zero-order valence-electron chi connectivity index (χ0n) is 16.1. The fourth-order valence-corrected chi connectivity index (χ4v) is 3.53. The van der Waals surface area contributed by atoms with Crippen LogP contribution in [0.1, 0.15) is 27.9 Å². The molecule has 2 aromatic carbocycles. The second kappa shape index (κ2) is 7.43. The van der Waals surface area contributed by atoms with Gasteiger partial charge in [0.15, 0.2) is 0 Å². The first-order chi connectivity index (χ1) is 14.7. The number of benzene rings is 2. The van der Waals surface area contributed by atoms with Crippen molar-refractivity contribution in [2.24, 2.45) is 5.73 Å². The lowest BCUT2D eigenvalue weighted by Crippen LogP contribution is -2.17. The number of aromatic nitrogens is 5. The molecule has 0 atom stereocenters. The fourth-order valence-electron chi connectivity index (χ4n) is 3.53. The van der Waals surface area contributed by atoms with E-state index >= 15 is 0 Å². The molecule has 150 valence electrons. The van der Waals surface area contributed by atoms with Crippen LogP contribution in [0.15, 0.2) is 48.5 Å². The molecule has 3 N–H and O–H groups in total. The molecular formula is C21H19N7O2. The van der Waals surface area contributed by atoms with E-state index in [9.17, 15) is 4.79 Å². The Kier molecular flexibility index (Phi) is 4.47. The van der Waals surface area contributed by atoms with Gasteiger partial charge in [-0.1, -0.05) is 41.6 Å². The highest BCUT2D eigenvalue weighted by molar-refractivity contribution is 6.04. The third-order valence-corrected chi connectivity index (χ3v) is 5.00. The van der Waals surface area contributed by atoms with E-state index in [1.54, 1.807) is 18.2 Å². The summed E-state index contributed by atoms with van der Waals surface area (Å²) in [6, 6.07) is 15.2. The van der Waals surface area contributed by atoms with Crippen LogP contribution in [0.4, 0.5) is 5.82 Å². The van der Waals surface area contributed by atoms with Gasteiger partial charge in [-0.3, -0.25) is 4.79 Å². The highest BCUT2D eigenvalue weighted by Crippen LogP contribution is 2.30. The summed E-state index contributed by atoms with van der Waals surface area (Å²) in [5.74, 6) is 0.993. The smallest absolute Gasteiger partial charge is 0.257 e. The molecule has 5 rings (SSSR count). The van der Waals surface area contributed by atoms with Gasteiger partial charge in [0.05, 0.1) is 23.3 Å². The maximum atomic E-state index is 11.7. The fraction of sp³-hybridized carbons (Fsp3) is 0.190. The highest BCUT2D eigenvalue weighted by Gasteiger charge is 2.22. The number of hydrogen-bond donors (Lipinski definition) is 2. The molecule has 30 heavy (non-hydrogen) atoms. The highest BCUT2D eigenvalue weighted by atomic mass is 16.5. The molecule has 0 unspecified atom stereocenters. The molecule has 9 nitrogen and oxygen atoms in total. The summed E-state index contributed by atoms with van der Waals surface area (Å²) in [6.45, 7) is 1.22. The molecule has 0 aliphatic carbocycles. The van der Waals surface area contributed by atoms with Crippen LogP contribution < -0.4 is 15.8 Å². The standard InChI is InChI=1S/C21H19N7O2/c22-18(29)14-8-4-10-16-17(14)26-27-28(16)21-24-19(15-9-5-11-30-20(15)25-21)23-12-13-6-2-1-3-7-13/h1-4,6-8,10H,5,9,11-12H2,(H2,22,29)(H,23,24,25). The lowest BCUT2D eigenvalue weighted by molar-refractivity contribution is 0.100. The van der Waals surface area contributed by atoms with Crippen LogP contribution in [0, 0.1) is 0 Å². The number of rotatable bonds is 5. The SMILES string of the molecule is NC(=O)c1cccc2c1nnn2-c1nc(NCc2ccccc2)c2c(n1)OCCC2. The van der Waals surface area contributed by atoms with Gasteiger partial charge >= 0.3 is 0 Å². The monoisotopic (exact) mass is 401 g/mol. The second-order valence-electron chi connectivity index (χ2n) is 6.99. The molecule has 0 saturated carbocycles. The predicted octanol–water partition coefficient (Wildman–Crippen LogP) is 2.25. The molecule has 3 heterocycles. The molecule has 0 spiro atoms. The Balaban J connectivity index is 1.58. The van der Waals surface area contributed by atoms with E-state index < -0.39 is 5.91 Å². The van der Waals surface area contributed by atoms with Crippen molar-refractivity contribution in [2.75, 3.05) is 11.9 Å². The van der Waals surface area contributed by atoms with Gasteiger partial charge in [-0.05, 0) is 30.5 Å². The Bertz CT molecular complexity index is 1240. The van der Waals surface area contributed by atoms with E-state index in [1.807, 2.05) is 30.3 Å². The minimum absolute atomic E-state index is 0.301. The van der Waals surface area contributed by atoms with Crippen molar-refractivity contribution in [1.29, 1.82) is 0 Å². The van der Waals surface area contributed by atoms with Crippen LogP contribution >= 0.6 is 0 Å². The molecule has 4 aromatic rings. The first-order valence-corrected chi connectivity index (χ1v) is 9.67. The average molecular weight is 401 g/mol. The van der Waals surface area contributed by atoms with E-state index in [0.29, 0.717) is 47.4 Å². The largest absolute Gasteiger partial charge is 0.477 e. The maximum Gasteiger partial charge on any atom is 0.257 e. The molecule has 0 fully saturated rings. The first-order valence-electron chi connectivity index (χ1n) is 9.67. The van der Waals surface area contributed by atoms with Crippen LogP contribution in [-0.2, 0) is 13.0 Å². The van der Waals surface area contributed by atoms with Crippen LogP contribution in [0.5, 0.6) is 5.88 Å². The summed E-state index contributed by atoms with van der Waals surface area (Å²) in [5, 5.41) is 11.7. The number of fused-ring (bicyclic) bond motifs is 2. The van der Waals surface area contributed by atoms with Crippen LogP contribution in [0.3, 0.4) is 0 Å². The summed E-state index contributed by atoms with van der Waals surface area (Å²) in [6.07, 6.45) is 1.74. The number of primary amides is 1. The molecule has 2 aromatic heterocycles. The summed E-state index contributed by atoms with van der Waals surface area (Å²) in [7, 11) is 0. The molecule has 0 radical (unpaired) electrons.